The van der Waals surface area contributed by atoms with Gasteiger partial charge in [0.1, 0.15) is 0 Å². The molecule has 1 aliphatic heterocycles. The molecule has 3 nitrogen and oxygen atoms in total. The topological polar surface area (TPSA) is 26.7 Å². The van der Waals surface area contributed by atoms with E-state index in [-0.39, 0.29) is 0 Å². The van der Waals surface area contributed by atoms with Gasteiger partial charge in [0.2, 0.25) is 6.35 Å². The first-order valence-electron chi connectivity index (χ1n) is 11.6. The highest BCUT2D eigenvalue weighted by atomic mass is 16.3. The van der Waals surface area contributed by atoms with E-state index < -0.39 is 6.35 Å². The van der Waals surface area contributed by atoms with Gasteiger partial charge < -0.3 is 14.9 Å². The second-order valence-electron chi connectivity index (χ2n) is 9.92. The van der Waals surface area contributed by atoms with Gasteiger partial charge in [0.25, 0.3) is 0 Å². The van der Waals surface area contributed by atoms with Gasteiger partial charge in [-0.25, -0.2) is 0 Å². The third-order valence-electron chi connectivity index (χ3n) is 6.40. The van der Waals surface area contributed by atoms with E-state index >= 15 is 0 Å². The molecule has 0 aromatic heterocycles. The molecule has 1 saturated heterocycles. The molecule has 30 heavy (non-hydrogen) atoms. The SMILES string of the molecule is CC(C)c1cccc(C(C)C)c1N1CCN(c2c(C(C)C)cccc2C(C)C)C1O. The quantitative estimate of drug-likeness (QED) is 0.570. The van der Waals surface area contributed by atoms with Crippen molar-refractivity contribution in [1.29, 1.82) is 0 Å². The molecule has 0 amide bonds. The summed E-state index contributed by atoms with van der Waals surface area (Å²) < 4.78 is 0. The zero-order chi connectivity index (χ0) is 22.2. The summed E-state index contributed by atoms with van der Waals surface area (Å²) in [7, 11) is 0. The number of anilines is 2. The summed E-state index contributed by atoms with van der Waals surface area (Å²) in [4.78, 5) is 4.46. The average Bonchev–Trinajstić information content (AvgIpc) is 3.07. The number of aliphatic hydroxyl groups excluding tert-OH is 1. The van der Waals surface area contributed by atoms with Gasteiger partial charge in [0.15, 0.2) is 0 Å². The molecule has 3 rings (SSSR count). The molecule has 3 heteroatoms. The molecule has 164 valence electrons. The lowest BCUT2D eigenvalue weighted by atomic mass is 9.91. The highest BCUT2D eigenvalue weighted by Gasteiger charge is 2.36. The average molecular weight is 409 g/mol. The van der Waals surface area contributed by atoms with E-state index in [4.69, 9.17) is 0 Å². The maximum atomic E-state index is 11.6. The van der Waals surface area contributed by atoms with Gasteiger partial charge in [-0.15, -0.1) is 0 Å². The number of benzene rings is 2. The van der Waals surface area contributed by atoms with Crippen molar-refractivity contribution in [3.63, 3.8) is 0 Å². The smallest absolute Gasteiger partial charge is 0.208 e. The molecule has 0 spiro atoms. The predicted octanol–water partition coefficient (Wildman–Crippen LogP) is 6.78. The minimum absolute atomic E-state index is 0.411. The van der Waals surface area contributed by atoms with Crippen LogP contribution in [0.15, 0.2) is 36.4 Å². The Morgan fingerprint density at radius 3 is 1.10 bits per heavy atom. The van der Waals surface area contributed by atoms with Crippen molar-refractivity contribution >= 4 is 11.4 Å². The number of aliphatic hydroxyl groups is 1. The fourth-order valence-corrected chi connectivity index (χ4v) is 4.76. The summed E-state index contributed by atoms with van der Waals surface area (Å²) in [6.07, 6.45) is -0.653. The lowest BCUT2D eigenvalue weighted by molar-refractivity contribution is 0.187. The summed E-state index contributed by atoms with van der Waals surface area (Å²) in [5.74, 6) is 1.64. The lowest BCUT2D eigenvalue weighted by Crippen LogP contribution is -2.40. The molecule has 2 aromatic carbocycles. The van der Waals surface area contributed by atoms with Gasteiger partial charge in [0, 0.05) is 24.5 Å². The third-order valence-corrected chi connectivity index (χ3v) is 6.40. The fourth-order valence-electron chi connectivity index (χ4n) is 4.76. The van der Waals surface area contributed by atoms with Crippen molar-refractivity contribution < 1.29 is 5.11 Å². The fraction of sp³-hybridized carbons (Fsp3) is 0.556. The van der Waals surface area contributed by atoms with Gasteiger partial charge in [-0.05, 0) is 45.9 Å². The van der Waals surface area contributed by atoms with Gasteiger partial charge in [-0.2, -0.15) is 0 Å². The highest BCUT2D eigenvalue weighted by Crippen LogP contribution is 2.42. The van der Waals surface area contributed by atoms with Crippen molar-refractivity contribution in [2.24, 2.45) is 0 Å². The van der Waals surface area contributed by atoms with Gasteiger partial charge in [0.05, 0.1) is 0 Å². The number of nitrogens with zero attached hydrogens (tertiary/aromatic N) is 2. The zero-order valence-electron chi connectivity index (χ0n) is 20.1. The van der Waals surface area contributed by atoms with Gasteiger partial charge in [-0.3, -0.25) is 0 Å². The van der Waals surface area contributed by atoms with Gasteiger partial charge >= 0.3 is 0 Å². The largest absolute Gasteiger partial charge is 0.356 e. The minimum atomic E-state index is -0.653. The standard InChI is InChI=1S/C27H40N2O/c1-17(2)21-11-9-12-22(18(3)4)25(21)28-15-16-29(27(28)30)26-23(19(5)6)13-10-14-24(26)20(7)8/h9-14,17-20,27,30H,15-16H2,1-8H3. The molecule has 2 aromatic rings. The van der Waals surface area contributed by atoms with Crippen LogP contribution in [0.25, 0.3) is 0 Å². The van der Waals surface area contributed by atoms with Gasteiger partial charge in [-0.1, -0.05) is 91.8 Å². The molecular weight excluding hydrogens is 368 g/mol. The number of rotatable bonds is 6. The Bertz CT molecular complexity index is 745. The first-order valence-corrected chi connectivity index (χ1v) is 11.6. The number of hydrogen-bond donors (Lipinski definition) is 1. The molecule has 0 unspecified atom stereocenters. The van der Waals surface area contributed by atoms with E-state index in [1.165, 1.54) is 33.6 Å². The number of hydrogen-bond acceptors (Lipinski definition) is 3. The van der Waals surface area contributed by atoms with E-state index in [2.05, 4.69) is 102 Å². The predicted molar refractivity (Wildman–Crippen MR) is 130 cm³/mol. The summed E-state index contributed by atoms with van der Waals surface area (Å²) in [5, 5.41) is 11.6. The normalized spacial score (nSPS) is 15.5. The lowest BCUT2D eigenvalue weighted by Gasteiger charge is -2.35. The van der Waals surface area contributed by atoms with Crippen LogP contribution < -0.4 is 9.80 Å². The molecule has 0 radical (unpaired) electrons. The Morgan fingerprint density at radius 2 is 0.867 bits per heavy atom. The van der Waals surface area contributed by atoms with Crippen molar-refractivity contribution in [3.05, 3.63) is 58.7 Å². The Hall–Kier alpha value is -2.00. The Morgan fingerprint density at radius 1 is 0.600 bits per heavy atom. The van der Waals surface area contributed by atoms with Crippen molar-refractivity contribution in [1.82, 2.24) is 0 Å². The highest BCUT2D eigenvalue weighted by molar-refractivity contribution is 5.68. The molecule has 1 N–H and O–H groups in total. The van der Waals surface area contributed by atoms with Crippen LogP contribution in [0.4, 0.5) is 11.4 Å². The van der Waals surface area contributed by atoms with Crippen molar-refractivity contribution in [2.45, 2.75) is 85.4 Å². The van der Waals surface area contributed by atoms with Crippen LogP contribution in [0.5, 0.6) is 0 Å². The summed E-state index contributed by atoms with van der Waals surface area (Å²) in [6.45, 7) is 19.6. The molecule has 1 aliphatic rings. The molecule has 1 fully saturated rings. The summed E-state index contributed by atoms with van der Waals surface area (Å²) in [5.41, 5.74) is 7.74. The molecule has 0 aliphatic carbocycles. The number of para-hydroxylation sites is 2. The second-order valence-corrected chi connectivity index (χ2v) is 9.92. The van der Waals surface area contributed by atoms with Crippen LogP contribution in [0.2, 0.25) is 0 Å². The van der Waals surface area contributed by atoms with Crippen LogP contribution in [0.3, 0.4) is 0 Å². The van der Waals surface area contributed by atoms with E-state index in [1.54, 1.807) is 0 Å². The van der Waals surface area contributed by atoms with Crippen molar-refractivity contribution in [3.8, 4) is 0 Å². The minimum Gasteiger partial charge on any atom is -0.356 e. The third kappa shape index (κ3) is 4.09. The van der Waals surface area contributed by atoms with Crippen LogP contribution in [0.1, 0.15) is 101 Å². The second kappa shape index (κ2) is 9.01. The molecule has 0 bridgehead atoms. The van der Waals surface area contributed by atoms with Crippen LogP contribution in [-0.4, -0.2) is 24.5 Å². The summed E-state index contributed by atoms with van der Waals surface area (Å²) in [6, 6.07) is 13.2. The van der Waals surface area contributed by atoms with E-state index in [0.717, 1.165) is 13.1 Å². The first kappa shape index (κ1) is 22.7. The van der Waals surface area contributed by atoms with E-state index in [1.807, 2.05) is 0 Å². The molecular formula is C27H40N2O. The Kier molecular flexibility index (Phi) is 6.81. The molecule has 1 heterocycles. The van der Waals surface area contributed by atoms with Crippen LogP contribution in [0, 0.1) is 0 Å². The maximum Gasteiger partial charge on any atom is 0.208 e. The van der Waals surface area contributed by atoms with E-state index in [0.29, 0.717) is 23.7 Å². The first-order chi connectivity index (χ1) is 14.1. The molecule has 0 saturated carbocycles. The summed E-state index contributed by atoms with van der Waals surface area (Å²) >= 11 is 0. The van der Waals surface area contributed by atoms with Crippen LogP contribution in [-0.2, 0) is 0 Å². The zero-order valence-corrected chi connectivity index (χ0v) is 20.1. The van der Waals surface area contributed by atoms with Crippen molar-refractivity contribution in [2.75, 3.05) is 22.9 Å². The molecule has 0 atom stereocenters. The Balaban J connectivity index is 2.11. The maximum absolute atomic E-state index is 11.6. The monoisotopic (exact) mass is 408 g/mol. The Labute approximate surface area is 183 Å². The van der Waals surface area contributed by atoms with Crippen LogP contribution >= 0.6 is 0 Å². The van der Waals surface area contributed by atoms with E-state index in [9.17, 15) is 5.11 Å².